The van der Waals surface area contributed by atoms with E-state index in [-0.39, 0.29) is 0 Å². The highest BCUT2D eigenvalue weighted by Crippen LogP contribution is 2.22. The first-order valence-corrected chi connectivity index (χ1v) is 5.78. The van der Waals surface area contributed by atoms with Crippen LogP contribution in [0.15, 0.2) is 42.5 Å². The van der Waals surface area contributed by atoms with Gasteiger partial charge < -0.3 is 0 Å². The zero-order chi connectivity index (χ0) is 8.67. The Labute approximate surface area is 80.0 Å². The molecular formula is C12H10Si. The second kappa shape index (κ2) is 2.64. The minimum absolute atomic E-state index is 0.401. The summed E-state index contributed by atoms with van der Waals surface area (Å²) < 4.78 is 0. The summed E-state index contributed by atoms with van der Waals surface area (Å²) in [7, 11) is 0.401. The number of benzene rings is 1. The van der Waals surface area contributed by atoms with Crippen molar-refractivity contribution in [3.63, 3.8) is 0 Å². The lowest BCUT2D eigenvalue weighted by atomic mass is 9.98. The molecule has 0 nitrogen and oxygen atoms in total. The second-order valence-electron chi connectivity index (χ2n) is 3.47. The molecule has 1 aromatic carbocycles. The maximum Gasteiger partial charge on any atom is 0.0353 e. The van der Waals surface area contributed by atoms with E-state index in [2.05, 4.69) is 42.5 Å². The molecule has 62 valence electrons. The van der Waals surface area contributed by atoms with Gasteiger partial charge in [0.1, 0.15) is 0 Å². The first kappa shape index (κ1) is 7.22. The highest BCUT2D eigenvalue weighted by Gasteiger charge is 2.17. The average molecular weight is 182 g/mol. The monoisotopic (exact) mass is 182 g/mol. The van der Waals surface area contributed by atoms with Crippen molar-refractivity contribution < 1.29 is 0 Å². The molecule has 0 aromatic heterocycles. The van der Waals surface area contributed by atoms with Crippen molar-refractivity contribution in [3.05, 3.63) is 48.1 Å². The topological polar surface area (TPSA) is 0 Å². The Hall–Kier alpha value is -1.21. The van der Waals surface area contributed by atoms with Gasteiger partial charge in [0.05, 0.1) is 0 Å². The third-order valence-electron chi connectivity index (χ3n) is 2.66. The molecule has 0 N–H and O–H groups in total. The fraction of sp³-hybridized carbons (Fsp3) is 0.0833. The molecule has 3 rings (SSSR count). The summed E-state index contributed by atoms with van der Waals surface area (Å²) in [6, 6.07) is 8.81. The predicted octanol–water partition coefficient (Wildman–Crippen LogP) is 1.28. The Bertz CT molecular complexity index is 450. The molecule has 1 aromatic rings. The maximum absolute atomic E-state index is 2.27. The molecular weight excluding hydrogens is 172 g/mol. The van der Waals surface area contributed by atoms with Gasteiger partial charge in [-0.15, -0.1) is 0 Å². The minimum atomic E-state index is 0.401. The summed E-state index contributed by atoms with van der Waals surface area (Å²) in [5.41, 5.74) is 2.99. The number of hydrogen-bond acceptors (Lipinski definition) is 0. The summed E-state index contributed by atoms with van der Waals surface area (Å²) in [6.45, 7) is 0. The predicted molar refractivity (Wildman–Crippen MR) is 60.0 cm³/mol. The molecule has 0 bridgehead atoms. The Morgan fingerprint density at radius 1 is 1.15 bits per heavy atom. The zero-order valence-electron chi connectivity index (χ0n) is 7.33. The van der Waals surface area contributed by atoms with E-state index < -0.39 is 0 Å². The molecule has 0 amide bonds. The summed E-state index contributed by atoms with van der Waals surface area (Å²) in [4.78, 5) is 0. The van der Waals surface area contributed by atoms with Crippen molar-refractivity contribution in [1.29, 1.82) is 0 Å². The van der Waals surface area contributed by atoms with Crippen LogP contribution in [0.2, 0.25) is 0 Å². The number of hydrogen-bond donors (Lipinski definition) is 0. The summed E-state index contributed by atoms with van der Waals surface area (Å²) in [5, 5.41) is 3.25. The molecule has 0 radical (unpaired) electrons. The number of allylic oxidation sites excluding steroid dienone is 4. The second-order valence-corrected chi connectivity index (χ2v) is 5.08. The fourth-order valence-corrected chi connectivity index (χ4v) is 3.68. The lowest BCUT2D eigenvalue weighted by molar-refractivity contribution is 1.50. The van der Waals surface area contributed by atoms with Gasteiger partial charge >= 0.3 is 0 Å². The first-order chi connectivity index (χ1) is 6.45. The van der Waals surface area contributed by atoms with Crippen molar-refractivity contribution in [2.75, 3.05) is 0 Å². The maximum atomic E-state index is 2.27. The van der Waals surface area contributed by atoms with E-state index in [9.17, 15) is 0 Å². The molecule has 0 saturated carbocycles. The van der Waals surface area contributed by atoms with E-state index in [0.717, 1.165) is 0 Å². The molecule has 0 saturated heterocycles. The van der Waals surface area contributed by atoms with Crippen LogP contribution in [0.4, 0.5) is 0 Å². The van der Waals surface area contributed by atoms with Crippen LogP contribution in [0, 0.1) is 0 Å². The summed E-state index contributed by atoms with van der Waals surface area (Å²) >= 11 is 0. The van der Waals surface area contributed by atoms with Crippen LogP contribution >= 0.6 is 0 Å². The molecule has 13 heavy (non-hydrogen) atoms. The molecule has 0 atom stereocenters. The first-order valence-electron chi connectivity index (χ1n) is 4.62. The highest BCUT2D eigenvalue weighted by molar-refractivity contribution is 6.78. The Morgan fingerprint density at radius 2 is 2.08 bits per heavy atom. The van der Waals surface area contributed by atoms with Crippen LogP contribution in [-0.4, -0.2) is 14.3 Å². The minimum Gasteiger partial charge on any atom is -0.0805 e. The molecule has 1 aliphatic carbocycles. The fourth-order valence-electron chi connectivity index (χ4n) is 2.03. The van der Waals surface area contributed by atoms with E-state index >= 15 is 0 Å². The SMILES string of the molecule is C1=CCC2=[SiH]c3ccccc3C2=C1. The van der Waals surface area contributed by atoms with Gasteiger partial charge in [0.25, 0.3) is 0 Å². The smallest absolute Gasteiger partial charge is 0.0353 e. The van der Waals surface area contributed by atoms with Gasteiger partial charge in [-0.05, 0) is 22.7 Å². The zero-order valence-corrected chi connectivity index (χ0v) is 8.48. The molecule has 0 unspecified atom stereocenters. The molecule has 2 aliphatic rings. The normalized spacial score (nSPS) is 17.5. The summed E-state index contributed by atoms with van der Waals surface area (Å²) in [6.07, 6.45) is 7.88. The quantitative estimate of drug-likeness (QED) is 0.530. The van der Waals surface area contributed by atoms with E-state index in [1.54, 1.807) is 10.4 Å². The molecule has 0 fully saturated rings. The van der Waals surface area contributed by atoms with E-state index in [0.29, 0.717) is 9.13 Å². The van der Waals surface area contributed by atoms with Gasteiger partial charge in [0, 0.05) is 9.13 Å². The van der Waals surface area contributed by atoms with Gasteiger partial charge in [-0.1, -0.05) is 47.7 Å². The summed E-state index contributed by atoms with van der Waals surface area (Å²) in [5.74, 6) is 0. The lowest BCUT2D eigenvalue weighted by Gasteiger charge is -2.07. The van der Waals surface area contributed by atoms with Crippen LogP contribution in [0.3, 0.4) is 0 Å². The molecule has 0 spiro atoms. The Balaban J connectivity index is 2.26. The molecule has 1 heterocycles. The van der Waals surface area contributed by atoms with Crippen LogP contribution in [-0.2, 0) is 0 Å². The van der Waals surface area contributed by atoms with Crippen molar-refractivity contribution in [2.45, 2.75) is 6.42 Å². The van der Waals surface area contributed by atoms with Gasteiger partial charge in [0.2, 0.25) is 0 Å². The standard InChI is InChI=1S/C12H10Si/c1-3-7-11-9(5-1)10-6-2-4-8-12(10)13-11/h1-7,13H,8H2. The van der Waals surface area contributed by atoms with E-state index in [4.69, 9.17) is 0 Å². The average Bonchev–Trinajstić information content (AvgIpc) is 2.56. The van der Waals surface area contributed by atoms with Gasteiger partial charge in [0.15, 0.2) is 0 Å². The van der Waals surface area contributed by atoms with Gasteiger partial charge in [-0.2, -0.15) is 0 Å². The Morgan fingerprint density at radius 3 is 3.08 bits per heavy atom. The highest BCUT2D eigenvalue weighted by atomic mass is 28.2. The van der Waals surface area contributed by atoms with Crippen LogP contribution in [0.25, 0.3) is 5.57 Å². The van der Waals surface area contributed by atoms with Crippen molar-refractivity contribution in [2.24, 2.45) is 0 Å². The van der Waals surface area contributed by atoms with Crippen LogP contribution in [0.1, 0.15) is 12.0 Å². The van der Waals surface area contributed by atoms with Gasteiger partial charge in [-0.25, -0.2) is 0 Å². The van der Waals surface area contributed by atoms with Crippen LogP contribution in [0.5, 0.6) is 0 Å². The van der Waals surface area contributed by atoms with Crippen molar-refractivity contribution in [1.82, 2.24) is 0 Å². The van der Waals surface area contributed by atoms with Gasteiger partial charge in [-0.3, -0.25) is 0 Å². The van der Waals surface area contributed by atoms with Crippen molar-refractivity contribution in [3.8, 4) is 0 Å². The number of fused-ring (bicyclic) bond motifs is 3. The molecule has 1 aliphatic heterocycles. The largest absolute Gasteiger partial charge is 0.0805 e. The van der Waals surface area contributed by atoms with Crippen molar-refractivity contribution >= 4 is 25.1 Å². The van der Waals surface area contributed by atoms with E-state index in [1.165, 1.54) is 17.6 Å². The van der Waals surface area contributed by atoms with Crippen LogP contribution < -0.4 is 5.19 Å². The Kier molecular flexibility index (Phi) is 1.46. The third-order valence-corrected chi connectivity index (χ3v) is 4.37. The van der Waals surface area contributed by atoms with E-state index in [1.807, 2.05) is 0 Å². The lowest BCUT2D eigenvalue weighted by Crippen LogP contribution is -2.07. The number of rotatable bonds is 0. The third kappa shape index (κ3) is 1.01. The molecule has 1 heteroatoms.